The Balaban J connectivity index is 0.00000385. The molecule has 0 aliphatic carbocycles. The van der Waals surface area contributed by atoms with Gasteiger partial charge in [0.05, 0.1) is 13.2 Å². The Labute approximate surface area is 216 Å². The van der Waals surface area contributed by atoms with E-state index in [-0.39, 0.29) is 24.0 Å². The monoisotopic (exact) mass is 565 g/mol. The van der Waals surface area contributed by atoms with Crippen LogP contribution in [0.3, 0.4) is 0 Å². The number of ether oxygens (including phenoxy) is 1. The Hall–Kier alpha value is -1.68. The summed E-state index contributed by atoms with van der Waals surface area (Å²) in [5.41, 5.74) is 4.04. The molecule has 1 heterocycles. The maximum atomic E-state index is 5.48. The summed E-state index contributed by atoms with van der Waals surface area (Å²) in [6, 6.07) is 19.8. The van der Waals surface area contributed by atoms with Crippen LogP contribution in [-0.2, 0) is 24.4 Å². The number of benzene rings is 2. The highest BCUT2D eigenvalue weighted by Gasteiger charge is 2.13. The lowest BCUT2D eigenvalue weighted by Gasteiger charge is -2.27. The number of hydrogen-bond acceptors (Lipinski definition) is 4. The molecule has 1 unspecified atom stereocenters. The first-order valence-corrected chi connectivity index (χ1v) is 11.7. The van der Waals surface area contributed by atoms with Gasteiger partial charge in [-0.3, -0.25) is 14.8 Å². The van der Waals surface area contributed by atoms with Crippen LogP contribution in [0.5, 0.6) is 0 Å². The first kappa shape index (κ1) is 27.6. The lowest BCUT2D eigenvalue weighted by molar-refractivity contribution is 0.0341. The van der Waals surface area contributed by atoms with Crippen molar-refractivity contribution in [3.63, 3.8) is 0 Å². The van der Waals surface area contributed by atoms with E-state index in [1.165, 1.54) is 16.7 Å². The van der Waals surface area contributed by atoms with E-state index in [0.717, 1.165) is 64.9 Å². The third-order valence-corrected chi connectivity index (χ3v) is 6.17. The first-order valence-electron chi connectivity index (χ1n) is 11.7. The van der Waals surface area contributed by atoms with Gasteiger partial charge in [0.25, 0.3) is 0 Å². The Morgan fingerprint density at radius 1 is 1.03 bits per heavy atom. The second kappa shape index (κ2) is 15.3. The van der Waals surface area contributed by atoms with E-state index >= 15 is 0 Å². The van der Waals surface area contributed by atoms with E-state index in [2.05, 4.69) is 94.0 Å². The minimum absolute atomic E-state index is 0. The molecule has 0 saturated carbocycles. The summed E-state index contributed by atoms with van der Waals surface area (Å²) in [6.07, 6.45) is 1.05. The molecule has 182 valence electrons. The molecule has 0 bridgehead atoms. The van der Waals surface area contributed by atoms with Gasteiger partial charge in [0.1, 0.15) is 0 Å². The summed E-state index contributed by atoms with van der Waals surface area (Å²) in [4.78, 5) is 9.27. The molecule has 33 heavy (non-hydrogen) atoms. The van der Waals surface area contributed by atoms with Crippen LogP contribution in [0.25, 0.3) is 0 Å². The molecule has 0 radical (unpaired) electrons. The van der Waals surface area contributed by atoms with E-state index in [9.17, 15) is 0 Å². The van der Waals surface area contributed by atoms with Gasteiger partial charge >= 0.3 is 0 Å². The van der Waals surface area contributed by atoms with E-state index in [1.54, 1.807) is 0 Å². The van der Waals surface area contributed by atoms with Gasteiger partial charge in [-0.1, -0.05) is 54.6 Å². The molecule has 1 aliphatic rings. The van der Waals surface area contributed by atoms with Crippen molar-refractivity contribution in [2.75, 3.05) is 46.9 Å². The summed E-state index contributed by atoms with van der Waals surface area (Å²) < 4.78 is 5.48. The van der Waals surface area contributed by atoms with Crippen LogP contribution in [0.2, 0.25) is 0 Å². The maximum Gasteiger partial charge on any atom is 0.191 e. The maximum absolute atomic E-state index is 5.48. The second-order valence-corrected chi connectivity index (χ2v) is 8.55. The van der Waals surface area contributed by atoms with Crippen molar-refractivity contribution in [1.29, 1.82) is 0 Å². The number of aliphatic imine (C=N–C) groups is 1. The number of guanidine groups is 1. The van der Waals surface area contributed by atoms with Crippen LogP contribution in [0, 0.1) is 0 Å². The lowest BCUT2D eigenvalue weighted by Crippen LogP contribution is -2.40. The number of nitrogens with one attached hydrogen (secondary N) is 2. The molecule has 6 nitrogen and oxygen atoms in total. The number of hydrogen-bond donors (Lipinski definition) is 2. The number of rotatable bonds is 10. The second-order valence-electron chi connectivity index (χ2n) is 8.55. The largest absolute Gasteiger partial charge is 0.379 e. The molecule has 3 rings (SSSR count). The van der Waals surface area contributed by atoms with E-state index in [0.29, 0.717) is 6.04 Å². The molecule has 1 aliphatic heterocycles. The van der Waals surface area contributed by atoms with Crippen molar-refractivity contribution in [3.05, 3.63) is 71.3 Å². The van der Waals surface area contributed by atoms with Gasteiger partial charge in [-0.25, -0.2) is 0 Å². The van der Waals surface area contributed by atoms with Gasteiger partial charge in [-0.15, -0.1) is 24.0 Å². The molecule has 2 N–H and O–H groups in total. The fourth-order valence-corrected chi connectivity index (χ4v) is 3.93. The first-order chi connectivity index (χ1) is 15.7. The van der Waals surface area contributed by atoms with Crippen LogP contribution in [0.15, 0.2) is 59.6 Å². The van der Waals surface area contributed by atoms with Crippen molar-refractivity contribution in [2.24, 2.45) is 4.99 Å². The Kier molecular flexibility index (Phi) is 12.8. The molecule has 1 atom stereocenters. The van der Waals surface area contributed by atoms with E-state index in [1.807, 2.05) is 7.05 Å². The zero-order chi connectivity index (χ0) is 22.6. The van der Waals surface area contributed by atoms with Gasteiger partial charge in [0, 0.05) is 52.4 Å². The highest BCUT2D eigenvalue weighted by atomic mass is 127. The summed E-state index contributed by atoms with van der Waals surface area (Å²) in [5.74, 6) is 0.851. The quantitative estimate of drug-likeness (QED) is 0.262. The highest BCUT2D eigenvalue weighted by Crippen LogP contribution is 2.13. The van der Waals surface area contributed by atoms with E-state index < -0.39 is 0 Å². The molecule has 0 aromatic heterocycles. The standard InChI is InChI=1S/C26H39N5O.HI/c1-22(30(3)20-23-9-5-4-6-10-23)13-14-28-26(27-2)29-19-24-11-7-8-12-25(24)21-31-15-17-32-18-16-31;/h4-12,22H,13-21H2,1-3H3,(H2,27,28,29);1H. The van der Waals surface area contributed by atoms with Crippen LogP contribution in [-0.4, -0.2) is 68.7 Å². The Bertz CT molecular complexity index is 826. The zero-order valence-electron chi connectivity index (χ0n) is 20.3. The molecular formula is C26H40IN5O. The molecule has 1 saturated heterocycles. The normalized spacial score (nSPS) is 15.7. The molecule has 0 spiro atoms. The molecule has 1 fully saturated rings. The Morgan fingerprint density at radius 3 is 2.39 bits per heavy atom. The van der Waals surface area contributed by atoms with Gasteiger partial charge in [0.15, 0.2) is 5.96 Å². The smallest absolute Gasteiger partial charge is 0.191 e. The van der Waals surface area contributed by atoms with Crippen LogP contribution < -0.4 is 10.6 Å². The third-order valence-electron chi connectivity index (χ3n) is 6.17. The fraction of sp³-hybridized carbons (Fsp3) is 0.500. The molecular weight excluding hydrogens is 525 g/mol. The van der Waals surface area contributed by atoms with Crippen LogP contribution in [0.4, 0.5) is 0 Å². The van der Waals surface area contributed by atoms with Gasteiger partial charge in [-0.05, 0) is 37.1 Å². The Morgan fingerprint density at radius 2 is 1.70 bits per heavy atom. The predicted molar refractivity (Wildman–Crippen MR) is 148 cm³/mol. The topological polar surface area (TPSA) is 52.1 Å². The summed E-state index contributed by atoms with van der Waals surface area (Å²) in [5, 5.41) is 6.96. The average Bonchev–Trinajstić information content (AvgIpc) is 2.83. The number of morpholine rings is 1. The third kappa shape index (κ3) is 9.60. The van der Waals surface area contributed by atoms with Crippen LogP contribution >= 0.6 is 24.0 Å². The van der Waals surface area contributed by atoms with E-state index in [4.69, 9.17) is 4.74 Å². The minimum atomic E-state index is 0. The summed E-state index contributed by atoms with van der Waals surface area (Å²) in [6.45, 7) is 9.53. The molecule has 2 aromatic rings. The average molecular weight is 566 g/mol. The highest BCUT2D eigenvalue weighted by molar-refractivity contribution is 14.0. The van der Waals surface area contributed by atoms with Crippen molar-refractivity contribution < 1.29 is 4.74 Å². The van der Waals surface area contributed by atoms with Gasteiger partial charge in [-0.2, -0.15) is 0 Å². The summed E-state index contributed by atoms with van der Waals surface area (Å²) >= 11 is 0. The zero-order valence-corrected chi connectivity index (χ0v) is 22.6. The fourth-order valence-electron chi connectivity index (χ4n) is 3.93. The van der Waals surface area contributed by atoms with Crippen molar-refractivity contribution in [2.45, 2.75) is 39.0 Å². The van der Waals surface area contributed by atoms with Crippen molar-refractivity contribution in [1.82, 2.24) is 20.4 Å². The van der Waals surface area contributed by atoms with Gasteiger partial charge in [0.2, 0.25) is 0 Å². The number of nitrogens with zero attached hydrogens (tertiary/aromatic N) is 3. The molecule has 7 heteroatoms. The van der Waals surface area contributed by atoms with Crippen molar-refractivity contribution in [3.8, 4) is 0 Å². The molecule has 2 aromatic carbocycles. The summed E-state index contributed by atoms with van der Waals surface area (Å²) in [7, 11) is 4.02. The number of halogens is 1. The van der Waals surface area contributed by atoms with Gasteiger partial charge < -0.3 is 15.4 Å². The molecule has 0 amide bonds. The minimum Gasteiger partial charge on any atom is -0.379 e. The SMILES string of the molecule is CN=C(NCCC(C)N(C)Cc1ccccc1)NCc1ccccc1CN1CCOCC1.I. The van der Waals surface area contributed by atoms with Crippen LogP contribution in [0.1, 0.15) is 30.0 Å². The predicted octanol–water partition coefficient (Wildman–Crippen LogP) is 3.71. The lowest BCUT2D eigenvalue weighted by atomic mass is 10.1. The van der Waals surface area contributed by atoms with Crippen molar-refractivity contribution >= 4 is 29.9 Å².